The van der Waals surface area contributed by atoms with E-state index >= 15 is 0 Å². The van der Waals surface area contributed by atoms with E-state index in [9.17, 15) is 4.79 Å². The molecule has 0 saturated carbocycles. The zero-order valence-corrected chi connectivity index (χ0v) is 13.5. The van der Waals surface area contributed by atoms with E-state index in [-0.39, 0.29) is 11.4 Å². The van der Waals surface area contributed by atoms with Crippen LogP contribution in [0.15, 0.2) is 28.7 Å². The molecule has 0 saturated heterocycles. The molecule has 0 radical (unpaired) electrons. The number of alkyl halides is 1. The predicted molar refractivity (Wildman–Crippen MR) is 78.5 cm³/mol. The van der Waals surface area contributed by atoms with Crippen molar-refractivity contribution in [3.63, 3.8) is 0 Å². The summed E-state index contributed by atoms with van der Waals surface area (Å²) in [7, 11) is 1.85. The smallest absolute Gasteiger partial charge is 0.227 e. The van der Waals surface area contributed by atoms with Gasteiger partial charge < -0.3 is 4.90 Å². The summed E-state index contributed by atoms with van der Waals surface area (Å²) in [6.45, 7) is 4.09. The molecule has 0 spiro atoms. The number of hydrogen-bond donors (Lipinski definition) is 0. The molecule has 0 aromatic heterocycles. The minimum Gasteiger partial charge on any atom is -0.340 e. The summed E-state index contributed by atoms with van der Waals surface area (Å²) in [4.78, 5) is 13.9. The second-order valence-electron chi connectivity index (χ2n) is 4.70. The Bertz CT molecular complexity index is 387. The maximum Gasteiger partial charge on any atom is 0.227 e. The third-order valence-electron chi connectivity index (χ3n) is 2.88. The molecule has 0 unspecified atom stereocenters. The van der Waals surface area contributed by atoms with E-state index in [4.69, 9.17) is 0 Å². The molecule has 1 amide bonds. The number of likely N-dealkylation sites (N-methyl/N-ethyl adjacent to an activating group) is 1. The topological polar surface area (TPSA) is 20.3 Å². The summed E-state index contributed by atoms with van der Waals surface area (Å²) in [6.07, 6.45) is 0.445. The van der Waals surface area contributed by atoms with Crippen LogP contribution in [-0.4, -0.2) is 28.7 Å². The number of nitrogens with zero attached hydrogens (tertiary/aromatic N) is 1. The van der Waals surface area contributed by atoms with Crippen molar-refractivity contribution in [2.75, 3.05) is 12.4 Å². The van der Waals surface area contributed by atoms with Crippen molar-refractivity contribution in [2.24, 2.45) is 0 Å². The first-order valence-corrected chi connectivity index (χ1v) is 7.35. The molecule has 0 bridgehead atoms. The van der Waals surface area contributed by atoms with Crippen molar-refractivity contribution in [2.45, 2.75) is 25.8 Å². The standard InChI is InChI=1S/C13H17Br2NO/c1-13(2,9-14)16(3)12(17)8-10-4-6-11(15)7-5-10/h4-7H,8-9H2,1-3H3. The highest BCUT2D eigenvalue weighted by Crippen LogP contribution is 2.17. The Kier molecular flexibility index (Phi) is 5.20. The molecule has 0 atom stereocenters. The maximum absolute atomic E-state index is 12.1. The van der Waals surface area contributed by atoms with Gasteiger partial charge in [-0.3, -0.25) is 4.79 Å². The van der Waals surface area contributed by atoms with E-state index in [1.165, 1.54) is 0 Å². The minimum atomic E-state index is -0.160. The number of carbonyl (C=O) groups is 1. The third kappa shape index (κ3) is 4.11. The van der Waals surface area contributed by atoms with Gasteiger partial charge in [0.2, 0.25) is 5.91 Å². The van der Waals surface area contributed by atoms with Gasteiger partial charge in [-0.1, -0.05) is 44.0 Å². The molecule has 0 aliphatic heterocycles. The van der Waals surface area contributed by atoms with Gasteiger partial charge in [0.15, 0.2) is 0 Å². The van der Waals surface area contributed by atoms with Gasteiger partial charge in [-0.05, 0) is 31.5 Å². The van der Waals surface area contributed by atoms with E-state index in [2.05, 4.69) is 31.9 Å². The Hall–Kier alpha value is -0.350. The molecular weight excluding hydrogens is 346 g/mol. The van der Waals surface area contributed by atoms with Gasteiger partial charge in [-0.2, -0.15) is 0 Å². The largest absolute Gasteiger partial charge is 0.340 e. The zero-order valence-electron chi connectivity index (χ0n) is 10.3. The Morgan fingerprint density at radius 2 is 1.82 bits per heavy atom. The lowest BCUT2D eigenvalue weighted by Gasteiger charge is -2.34. The van der Waals surface area contributed by atoms with Crippen LogP contribution in [0.5, 0.6) is 0 Å². The van der Waals surface area contributed by atoms with Gasteiger partial charge >= 0.3 is 0 Å². The number of hydrogen-bond acceptors (Lipinski definition) is 1. The summed E-state index contributed by atoms with van der Waals surface area (Å²) < 4.78 is 1.03. The molecule has 0 aliphatic carbocycles. The van der Waals surface area contributed by atoms with Gasteiger partial charge in [-0.15, -0.1) is 0 Å². The van der Waals surface area contributed by atoms with Gasteiger partial charge in [0.1, 0.15) is 0 Å². The molecule has 2 nitrogen and oxygen atoms in total. The van der Waals surface area contributed by atoms with Crippen LogP contribution in [0.2, 0.25) is 0 Å². The molecule has 0 heterocycles. The molecular formula is C13H17Br2NO. The van der Waals surface area contributed by atoms with Gasteiger partial charge in [-0.25, -0.2) is 0 Å². The first-order valence-electron chi connectivity index (χ1n) is 5.44. The third-order valence-corrected chi connectivity index (χ3v) is 4.78. The first-order chi connectivity index (χ1) is 7.86. The summed E-state index contributed by atoms with van der Waals surface area (Å²) >= 11 is 6.82. The number of halogens is 2. The van der Waals surface area contributed by atoms with Crippen molar-refractivity contribution in [3.05, 3.63) is 34.3 Å². The molecule has 1 aromatic carbocycles. The van der Waals surface area contributed by atoms with E-state index in [0.29, 0.717) is 6.42 Å². The molecule has 17 heavy (non-hydrogen) atoms. The highest BCUT2D eigenvalue weighted by atomic mass is 79.9. The number of rotatable bonds is 4. The van der Waals surface area contributed by atoms with Crippen LogP contribution in [0, 0.1) is 0 Å². The Labute approximate surface area is 120 Å². The highest BCUT2D eigenvalue weighted by molar-refractivity contribution is 9.10. The molecule has 1 aromatic rings. The van der Waals surface area contributed by atoms with Crippen molar-refractivity contribution in [3.8, 4) is 0 Å². The van der Waals surface area contributed by atoms with E-state index in [1.807, 2.05) is 45.2 Å². The van der Waals surface area contributed by atoms with Crippen LogP contribution >= 0.6 is 31.9 Å². The molecule has 0 aliphatic rings. The molecule has 0 N–H and O–H groups in total. The van der Waals surface area contributed by atoms with Crippen molar-refractivity contribution in [1.29, 1.82) is 0 Å². The monoisotopic (exact) mass is 361 g/mol. The molecule has 0 fully saturated rings. The lowest BCUT2D eigenvalue weighted by Crippen LogP contribution is -2.46. The SMILES string of the molecule is CN(C(=O)Cc1ccc(Br)cc1)C(C)(C)CBr. The van der Waals surface area contributed by atoms with Crippen molar-refractivity contribution in [1.82, 2.24) is 4.90 Å². The summed E-state index contributed by atoms with van der Waals surface area (Å²) in [5.41, 5.74) is 0.877. The molecule has 1 rings (SSSR count). The predicted octanol–water partition coefficient (Wildman–Crippen LogP) is 3.62. The average Bonchev–Trinajstić information content (AvgIpc) is 2.31. The fourth-order valence-corrected chi connectivity index (χ4v) is 1.96. The number of benzene rings is 1. The van der Waals surface area contributed by atoms with Gasteiger partial charge in [0.25, 0.3) is 0 Å². The summed E-state index contributed by atoms with van der Waals surface area (Å²) in [6, 6.07) is 7.85. The normalized spacial score (nSPS) is 11.4. The Morgan fingerprint density at radius 3 is 2.29 bits per heavy atom. The lowest BCUT2D eigenvalue weighted by atomic mass is 10.0. The zero-order chi connectivity index (χ0) is 13.1. The minimum absolute atomic E-state index is 0.136. The second kappa shape index (κ2) is 6.01. The lowest BCUT2D eigenvalue weighted by molar-refractivity contribution is -0.133. The quantitative estimate of drug-likeness (QED) is 0.749. The van der Waals surface area contributed by atoms with Crippen LogP contribution in [0.4, 0.5) is 0 Å². The molecule has 4 heteroatoms. The van der Waals surface area contributed by atoms with Gasteiger partial charge in [0, 0.05) is 22.4 Å². The summed E-state index contributed by atoms with van der Waals surface area (Å²) in [5.74, 6) is 0.136. The van der Waals surface area contributed by atoms with Crippen LogP contribution in [0.1, 0.15) is 19.4 Å². The fraction of sp³-hybridized carbons (Fsp3) is 0.462. The van der Waals surface area contributed by atoms with E-state index in [0.717, 1.165) is 15.4 Å². The Balaban J connectivity index is 2.69. The van der Waals surface area contributed by atoms with E-state index < -0.39 is 0 Å². The fourth-order valence-electron chi connectivity index (χ4n) is 1.32. The van der Waals surface area contributed by atoms with Gasteiger partial charge in [0.05, 0.1) is 6.42 Å². The number of amides is 1. The second-order valence-corrected chi connectivity index (χ2v) is 6.18. The van der Waals surface area contributed by atoms with Crippen LogP contribution in [-0.2, 0) is 11.2 Å². The average molecular weight is 363 g/mol. The van der Waals surface area contributed by atoms with Crippen molar-refractivity contribution >= 4 is 37.8 Å². The highest BCUT2D eigenvalue weighted by Gasteiger charge is 2.26. The van der Waals surface area contributed by atoms with Crippen molar-refractivity contribution < 1.29 is 4.79 Å². The van der Waals surface area contributed by atoms with E-state index in [1.54, 1.807) is 4.90 Å². The van der Waals surface area contributed by atoms with Crippen LogP contribution < -0.4 is 0 Å². The Morgan fingerprint density at radius 1 is 1.29 bits per heavy atom. The molecule has 94 valence electrons. The maximum atomic E-state index is 12.1. The van der Waals surface area contributed by atoms with Crippen LogP contribution in [0.25, 0.3) is 0 Å². The summed E-state index contributed by atoms with van der Waals surface area (Å²) in [5, 5.41) is 0.766. The first kappa shape index (κ1) is 14.7. The number of carbonyl (C=O) groups excluding carboxylic acids is 1. The van der Waals surface area contributed by atoms with Crippen LogP contribution in [0.3, 0.4) is 0 Å².